The van der Waals surface area contributed by atoms with Crippen LogP contribution in [0.5, 0.6) is 0 Å². The lowest BCUT2D eigenvalue weighted by molar-refractivity contribution is 0.0486. The van der Waals surface area contributed by atoms with E-state index in [-0.39, 0.29) is 12.1 Å². The van der Waals surface area contributed by atoms with Crippen LogP contribution in [-0.4, -0.2) is 44.0 Å². The number of aromatic nitrogens is 4. The van der Waals surface area contributed by atoms with Crippen molar-refractivity contribution in [3.63, 3.8) is 0 Å². The van der Waals surface area contributed by atoms with E-state index in [1.807, 2.05) is 56.8 Å². The minimum Gasteiger partial charge on any atom is -0.444 e. The third-order valence-electron chi connectivity index (χ3n) is 5.87. The first-order valence-corrected chi connectivity index (χ1v) is 11.8. The van der Waals surface area contributed by atoms with Crippen LogP contribution in [0.3, 0.4) is 0 Å². The van der Waals surface area contributed by atoms with Crippen LogP contribution in [-0.2, 0) is 11.3 Å². The second-order valence-electron chi connectivity index (χ2n) is 9.72. The molecule has 2 heterocycles. The van der Waals surface area contributed by atoms with Gasteiger partial charge in [0.2, 0.25) is 5.95 Å². The van der Waals surface area contributed by atoms with Gasteiger partial charge in [0.05, 0.1) is 5.39 Å². The van der Waals surface area contributed by atoms with Crippen LogP contribution in [0.15, 0.2) is 36.5 Å². The zero-order valence-corrected chi connectivity index (χ0v) is 20.0. The van der Waals surface area contributed by atoms with Crippen LogP contribution in [0.4, 0.5) is 10.7 Å². The number of benzene rings is 1. The Balaban J connectivity index is 1.48. The Bertz CT molecular complexity index is 1080. The van der Waals surface area contributed by atoms with Gasteiger partial charge in [0.15, 0.2) is 5.65 Å². The van der Waals surface area contributed by atoms with E-state index in [1.54, 1.807) is 0 Å². The summed E-state index contributed by atoms with van der Waals surface area (Å²) in [6.45, 7) is 9.24. The number of nitrogens with one attached hydrogen (secondary N) is 2. The minimum absolute atomic E-state index is 0.160. The second kappa shape index (κ2) is 9.77. The Labute approximate surface area is 195 Å². The van der Waals surface area contributed by atoms with Crippen molar-refractivity contribution in [1.82, 2.24) is 25.1 Å². The number of ether oxygens (including phenoxy) is 1. The largest absolute Gasteiger partial charge is 0.444 e. The summed E-state index contributed by atoms with van der Waals surface area (Å²) in [6, 6.07) is 10.3. The molecule has 176 valence electrons. The quantitative estimate of drug-likeness (QED) is 0.548. The van der Waals surface area contributed by atoms with E-state index in [0.717, 1.165) is 61.1 Å². The van der Waals surface area contributed by atoms with Gasteiger partial charge in [-0.3, -0.25) is 0 Å². The number of carbonyl (C=O) groups excluding carboxylic acids is 1. The minimum atomic E-state index is -0.480. The molecule has 0 bridgehead atoms. The molecule has 1 fully saturated rings. The van der Waals surface area contributed by atoms with Gasteiger partial charge >= 0.3 is 6.09 Å². The molecular weight excluding hydrogens is 416 g/mol. The number of anilines is 1. The highest BCUT2D eigenvalue weighted by Crippen LogP contribution is 2.30. The van der Waals surface area contributed by atoms with Crippen molar-refractivity contribution >= 4 is 23.1 Å². The molecule has 0 radical (unpaired) electrons. The molecule has 3 aromatic rings. The standard InChI is InChI=1S/C25H34N6O2/c1-5-26-23-27-15-20-21(18-9-7-6-8-10-18)30-31(22(20)29-23)16-17-11-13-19(14-12-17)28-24(32)33-25(2,3)4/h6-10,15,17,19H,5,11-14,16H2,1-4H3,(H,28,32)(H,26,27,29). The zero-order valence-electron chi connectivity index (χ0n) is 20.0. The maximum atomic E-state index is 12.1. The topological polar surface area (TPSA) is 94.0 Å². The van der Waals surface area contributed by atoms with Gasteiger partial charge in [-0.2, -0.15) is 10.1 Å². The van der Waals surface area contributed by atoms with Crippen LogP contribution in [0, 0.1) is 5.92 Å². The van der Waals surface area contributed by atoms with Gasteiger partial charge < -0.3 is 15.4 Å². The monoisotopic (exact) mass is 450 g/mol. The number of carbonyl (C=O) groups is 1. The second-order valence-corrected chi connectivity index (χ2v) is 9.72. The van der Waals surface area contributed by atoms with Gasteiger partial charge in [0, 0.05) is 30.9 Å². The molecule has 0 unspecified atom stereocenters. The maximum Gasteiger partial charge on any atom is 0.407 e. The maximum absolute atomic E-state index is 12.1. The molecule has 8 nitrogen and oxygen atoms in total. The third kappa shape index (κ3) is 5.80. The average Bonchev–Trinajstić information content (AvgIpc) is 3.12. The third-order valence-corrected chi connectivity index (χ3v) is 5.87. The predicted molar refractivity (Wildman–Crippen MR) is 130 cm³/mol. The molecule has 2 aromatic heterocycles. The smallest absolute Gasteiger partial charge is 0.407 e. The van der Waals surface area contributed by atoms with Crippen molar-refractivity contribution < 1.29 is 9.53 Å². The first kappa shape index (κ1) is 23.0. The Morgan fingerprint density at radius 1 is 1.15 bits per heavy atom. The predicted octanol–water partition coefficient (Wildman–Crippen LogP) is 5.01. The van der Waals surface area contributed by atoms with Gasteiger partial charge in [-0.1, -0.05) is 30.3 Å². The van der Waals surface area contributed by atoms with E-state index in [9.17, 15) is 4.79 Å². The summed E-state index contributed by atoms with van der Waals surface area (Å²) in [5.74, 6) is 1.10. The molecular formula is C25H34N6O2. The summed E-state index contributed by atoms with van der Waals surface area (Å²) >= 11 is 0. The summed E-state index contributed by atoms with van der Waals surface area (Å²) in [4.78, 5) is 21.3. The number of alkyl carbamates (subject to hydrolysis) is 1. The van der Waals surface area contributed by atoms with Gasteiger partial charge in [-0.25, -0.2) is 14.5 Å². The summed E-state index contributed by atoms with van der Waals surface area (Å²) in [6.07, 6.45) is 5.46. The van der Waals surface area contributed by atoms with Crippen molar-refractivity contribution in [3.05, 3.63) is 36.5 Å². The number of nitrogens with zero attached hydrogens (tertiary/aromatic N) is 4. The molecule has 1 aromatic carbocycles. The number of fused-ring (bicyclic) bond motifs is 1. The van der Waals surface area contributed by atoms with Crippen molar-refractivity contribution in [3.8, 4) is 11.3 Å². The fourth-order valence-corrected chi connectivity index (χ4v) is 4.35. The lowest BCUT2D eigenvalue weighted by Gasteiger charge is -2.30. The van der Waals surface area contributed by atoms with Crippen LogP contribution < -0.4 is 10.6 Å². The molecule has 1 aliphatic carbocycles. The normalized spacial score (nSPS) is 18.8. The zero-order chi connectivity index (χ0) is 23.4. The molecule has 1 amide bonds. The highest BCUT2D eigenvalue weighted by Gasteiger charge is 2.26. The highest BCUT2D eigenvalue weighted by atomic mass is 16.6. The van der Waals surface area contributed by atoms with Gasteiger partial charge in [-0.05, 0) is 59.3 Å². The first-order chi connectivity index (χ1) is 15.8. The molecule has 33 heavy (non-hydrogen) atoms. The average molecular weight is 451 g/mol. The van der Waals surface area contributed by atoms with E-state index < -0.39 is 5.60 Å². The molecule has 0 aliphatic heterocycles. The number of amides is 1. The highest BCUT2D eigenvalue weighted by molar-refractivity contribution is 5.91. The number of rotatable bonds is 6. The van der Waals surface area contributed by atoms with Crippen molar-refractivity contribution in [2.45, 2.75) is 71.6 Å². The SMILES string of the molecule is CCNc1ncc2c(-c3ccccc3)nn(CC3CCC(NC(=O)OC(C)(C)C)CC3)c2n1. The molecule has 0 atom stereocenters. The van der Waals surface area contributed by atoms with Gasteiger partial charge in [0.25, 0.3) is 0 Å². The molecule has 0 saturated heterocycles. The summed E-state index contributed by atoms with van der Waals surface area (Å²) in [5, 5.41) is 12.1. The van der Waals surface area contributed by atoms with Crippen molar-refractivity contribution in [1.29, 1.82) is 0 Å². The van der Waals surface area contributed by atoms with Crippen LogP contribution in [0.1, 0.15) is 53.4 Å². The fraction of sp³-hybridized carbons (Fsp3) is 0.520. The van der Waals surface area contributed by atoms with Gasteiger partial charge in [-0.15, -0.1) is 0 Å². The summed E-state index contributed by atoms with van der Waals surface area (Å²) in [5.41, 5.74) is 2.35. The Hall–Kier alpha value is -3.16. The molecule has 8 heteroatoms. The Kier molecular flexibility index (Phi) is 6.81. The summed E-state index contributed by atoms with van der Waals surface area (Å²) in [7, 11) is 0. The lowest BCUT2D eigenvalue weighted by atomic mass is 9.86. The van der Waals surface area contributed by atoms with Gasteiger partial charge in [0.1, 0.15) is 11.3 Å². The van der Waals surface area contributed by atoms with E-state index in [0.29, 0.717) is 11.9 Å². The number of hydrogen-bond donors (Lipinski definition) is 2. The summed E-state index contributed by atoms with van der Waals surface area (Å²) < 4.78 is 7.44. The van der Waals surface area contributed by atoms with Crippen molar-refractivity contribution in [2.75, 3.05) is 11.9 Å². The van der Waals surface area contributed by atoms with E-state index in [4.69, 9.17) is 14.8 Å². The fourth-order valence-electron chi connectivity index (χ4n) is 4.35. The van der Waals surface area contributed by atoms with Crippen LogP contribution in [0.2, 0.25) is 0 Å². The van der Waals surface area contributed by atoms with Crippen LogP contribution in [0.25, 0.3) is 22.3 Å². The molecule has 4 rings (SSSR count). The molecule has 2 N–H and O–H groups in total. The van der Waals surface area contributed by atoms with E-state index >= 15 is 0 Å². The van der Waals surface area contributed by atoms with Crippen LogP contribution >= 0.6 is 0 Å². The van der Waals surface area contributed by atoms with E-state index in [1.165, 1.54) is 0 Å². The molecule has 1 aliphatic rings. The lowest BCUT2D eigenvalue weighted by Crippen LogP contribution is -2.41. The Morgan fingerprint density at radius 3 is 2.55 bits per heavy atom. The van der Waals surface area contributed by atoms with Crippen molar-refractivity contribution in [2.24, 2.45) is 5.92 Å². The van der Waals surface area contributed by atoms with E-state index in [2.05, 4.69) is 27.8 Å². The number of hydrogen-bond acceptors (Lipinski definition) is 6. The molecule has 0 spiro atoms. The Morgan fingerprint density at radius 2 is 1.88 bits per heavy atom. The molecule has 1 saturated carbocycles. The first-order valence-electron chi connectivity index (χ1n) is 11.8.